The van der Waals surface area contributed by atoms with Crippen LogP contribution in [0.5, 0.6) is 5.75 Å². The molecule has 2 aromatic rings. The number of aromatic amines is 1. The second kappa shape index (κ2) is 4.30. The van der Waals surface area contributed by atoms with Gasteiger partial charge in [0, 0.05) is 31.1 Å². The molecule has 0 saturated carbocycles. The molecule has 5 heteroatoms. The summed E-state index contributed by atoms with van der Waals surface area (Å²) in [5.74, 6) is 0.515. The number of hydrogen-bond donors (Lipinski definition) is 1. The van der Waals surface area contributed by atoms with E-state index in [4.69, 9.17) is 16.3 Å². The van der Waals surface area contributed by atoms with Crippen LogP contribution in [0.3, 0.4) is 0 Å². The van der Waals surface area contributed by atoms with Crippen LogP contribution in [0.4, 0.5) is 0 Å². The van der Waals surface area contributed by atoms with Crippen molar-refractivity contribution in [3.8, 4) is 5.75 Å². The third-order valence-electron chi connectivity index (χ3n) is 2.53. The van der Waals surface area contributed by atoms with Gasteiger partial charge in [0.15, 0.2) is 0 Å². The maximum Gasteiger partial charge on any atom is 0.269 e. The molecule has 0 fully saturated rings. The zero-order chi connectivity index (χ0) is 12.6. The van der Waals surface area contributed by atoms with E-state index in [1.165, 1.54) is 4.90 Å². The number of fused-ring (bicyclic) bond motifs is 1. The minimum absolute atomic E-state index is 0.0729. The Hall–Kier alpha value is -1.68. The van der Waals surface area contributed by atoms with Crippen molar-refractivity contribution in [2.75, 3.05) is 21.2 Å². The second-order valence-corrected chi connectivity index (χ2v) is 4.36. The molecule has 17 heavy (non-hydrogen) atoms. The highest BCUT2D eigenvalue weighted by molar-refractivity contribution is 6.32. The number of carbonyl (C=O) groups excluding carboxylic acids is 1. The van der Waals surface area contributed by atoms with Gasteiger partial charge in [-0.3, -0.25) is 4.79 Å². The maximum atomic E-state index is 11.8. The van der Waals surface area contributed by atoms with Gasteiger partial charge in [0.1, 0.15) is 11.4 Å². The molecule has 0 aliphatic carbocycles. The number of amides is 1. The fourth-order valence-corrected chi connectivity index (χ4v) is 1.89. The van der Waals surface area contributed by atoms with Crippen molar-refractivity contribution in [2.45, 2.75) is 0 Å². The summed E-state index contributed by atoms with van der Waals surface area (Å²) in [5.41, 5.74) is 1.37. The third-order valence-corrected chi connectivity index (χ3v) is 2.83. The van der Waals surface area contributed by atoms with Crippen molar-refractivity contribution < 1.29 is 9.53 Å². The summed E-state index contributed by atoms with van der Waals surface area (Å²) in [5, 5.41) is 1.42. The Morgan fingerprint density at radius 2 is 2.06 bits per heavy atom. The molecule has 0 saturated heterocycles. The van der Waals surface area contributed by atoms with Gasteiger partial charge in [0.25, 0.3) is 5.91 Å². The summed E-state index contributed by atoms with van der Waals surface area (Å²) in [7, 11) is 4.98. The zero-order valence-corrected chi connectivity index (χ0v) is 10.6. The first-order valence-corrected chi connectivity index (χ1v) is 5.48. The molecule has 0 unspecified atom stereocenters. The number of rotatable bonds is 2. The van der Waals surface area contributed by atoms with Crippen LogP contribution in [0.2, 0.25) is 5.02 Å². The van der Waals surface area contributed by atoms with E-state index < -0.39 is 0 Å². The molecule has 0 bridgehead atoms. The third kappa shape index (κ3) is 2.08. The Morgan fingerprint density at radius 1 is 1.35 bits per heavy atom. The summed E-state index contributed by atoms with van der Waals surface area (Å²) in [6, 6.07) is 5.34. The highest BCUT2D eigenvalue weighted by atomic mass is 35.5. The summed E-state index contributed by atoms with van der Waals surface area (Å²) in [6.45, 7) is 0. The molecule has 0 spiro atoms. The Labute approximate surface area is 104 Å². The molecule has 1 heterocycles. The minimum Gasteiger partial charge on any atom is -0.495 e. The lowest BCUT2D eigenvalue weighted by Crippen LogP contribution is -2.21. The average molecular weight is 253 g/mol. The van der Waals surface area contributed by atoms with Gasteiger partial charge < -0.3 is 14.6 Å². The molecular weight excluding hydrogens is 240 g/mol. The van der Waals surface area contributed by atoms with Crippen LogP contribution in [0.15, 0.2) is 18.2 Å². The number of ether oxygens (including phenoxy) is 1. The lowest BCUT2D eigenvalue weighted by molar-refractivity contribution is 0.0823. The molecule has 1 aromatic heterocycles. The van der Waals surface area contributed by atoms with Gasteiger partial charge in [0.05, 0.1) is 12.1 Å². The van der Waals surface area contributed by atoms with Gasteiger partial charge in [-0.2, -0.15) is 0 Å². The zero-order valence-electron chi connectivity index (χ0n) is 9.87. The van der Waals surface area contributed by atoms with Crippen LogP contribution in [0.1, 0.15) is 10.5 Å². The van der Waals surface area contributed by atoms with Crippen molar-refractivity contribution in [1.82, 2.24) is 9.88 Å². The SMILES string of the molecule is COc1cc2[nH]c(C(=O)N(C)C)cc2cc1Cl. The van der Waals surface area contributed by atoms with Crippen molar-refractivity contribution >= 4 is 28.4 Å². The molecule has 2 rings (SSSR count). The molecule has 1 aromatic carbocycles. The van der Waals surface area contributed by atoms with Gasteiger partial charge >= 0.3 is 0 Å². The van der Waals surface area contributed by atoms with Gasteiger partial charge in [-0.15, -0.1) is 0 Å². The van der Waals surface area contributed by atoms with Crippen molar-refractivity contribution in [2.24, 2.45) is 0 Å². The summed E-state index contributed by atoms with van der Waals surface area (Å²) < 4.78 is 5.12. The van der Waals surface area contributed by atoms with E-state index >= 15 is 0 Å². The lowest BCUT2D eigenvalue weighted by atomic mass is 10.2. The Kier molecular flexibility index (Phi) is 2.98. The lowest BCUT2D eigenvalue weighted by Gasteiger charge is -2.07. The van der Waals surface area contributed by atoms with E-state index in [1.54, 1.807) is 39.4 Å². The number of carbonyl (C=O) groups is 1. The molecular formula is C12H13ClN2O2. The van der Waals surface area contributed by atoms with Gasteiger partial charge in [-0.25, -0.2) is 0 Å². The van der Waals surface area contributed by atoms with Crippen LogP contribution in [-0.4, -0.2) is 37.0 Å². The monoisotopic (exact) mass is 252 g/mol. The number of aromatic nitrogens is 1. The number of halogens is 1. The Morgan fingerprint density at radius 3 is 2.65 bits per heavy atom. The normalized spacial score (nSPS) is 10.6. The average Bonchev–Trinajstić information content (AvgIpc) is 2.69. The van der Waals surface area contributed by atoms with Crippen molar-refractivity contribution in [3.63, 3.8) is 0 Å². The summed E-state index contributed by atoms with van der Waals surface area (Å²) in [4.78, 5) is 16.4. The Balaban J connectivity index is 2.54. The fourth-order valence-electron chi connectivity index (χ4n) is 1.65. The first-order valence-electron chi connectivity index (χ1n) is 5.11. The first kappa shape index (κ1) is 11.8. The predicted molar refractivity (Wildman–Crippen MR) is 67.9 cm³/mol. The number of nitrogens with one attached hydrogen (secondary N) is 1. The number of H-pyrrole nitrogens is 1. The number of methoxy groups -OCH3 is 1. The molecule has 1 amide bonds. The van der Waals surface area contributed by atoms with E-state index in [-0.39, 0.29) is 5.91 Å². The van der Waals surface area contributed by atoms with E-state index in [0.717, 1.165) is 10.9 Å². The number of nitrogens with zero attached hydrogens (tertiary/aromatic N) is 1. The smallest absolute Gasteiger partial charge is 0.269 e. The van der Waals surface area contributed by atoms with Gasteiger partial charge in [0.2, 0.25) is 0 Å². The molecule has 0 atom stereocenters. The molecule has 1 N–H and O–H groups in total. The molecule has 0 aliphatic heterocycles. The number of hydrogen-bond acceptors (Lipinski definition) is 2. The molecule has 0 aliphatic rings. The number of benzene rings is 1. The first-order chi connectivity index (χ1) is 8.02. The van der Waals surface area contributed by atoms with Gasteiger partial charge in [-0.05, 0) is 12.1 Å². The molecule has 4 nitrogen and oxygen atoms in total. The Bertz CT molecular complexity index is 575. The van der Waals surface area contributed by atoms with Gasteiger partial charge in [-0.1, -0.05) is 11.6 Å². The highest BCUT2D eigenvalue weighted by Gasteiger charge is 2.12. The second-order valence-electron chi connectivity index (χ2n) is 3.96. The van der Waals surface area contributed by atoms with E-state index in [2.05, 4.69) is 4.98 Å². The summed E-state index contributed by atoms with van der Waals surface area (Å²) in [6.07, 6.45) is 0. The predicted octanol–water partition coefficient (Wildman–Crippen LogP) is 2.53. The van der Waals surface area contributed by atoms with Crippen LogP contribution in [0.25, 0.3) is 10.9 Å². The van der Waals surface area contributed by atoms with Crippen molar-refractivity contribution in [3.05, 3.63) is 28.9 Å². The van der Waals surface area contributed by atoms with Crippen LogP contribution in [-0.2, 0) is 0 Å². The van der Waals surface area contributed by atoms with E-state index in [0.29, 0.717) is 16.5 Å². The van der Waals surface area contributed by atoms with E-state index in [9.17, 15) is 4.79 Å². The maximum absolute atomic E-state index is 11.8. The quantitative estimate of drug-likeness (QED) is 0.893. The fraction of sp³-hybridized carbons (Fsp3) is 0.250. The highest BCUT2D eigenvalue weighted by Crippen LogP contribution is 2.30. The standard InChI is InChI=1S/C12H13ClN2O2/c1-15(2)12(16)10-5-7-4-8(13)11(17-3)6-9(7)14-10/h4-6,14H,1-3H3. The largest absolute Gasteiger partial charge is 0.495 e. The van der Waals surface area contributed by atoms with Crippen LogP contribution < -0.4 is 4.74 Å². The summed E-state index contributed by atoms with van der Waals surface area (Å²) >= 11 is 6.02. The minimum atomic E-state index is -0.0729. The van der Waals surface area contributed by atoms with Crippen molar-refractivity contribution in [1.29, 1.82) is 0 Å². The topological polar surface area (TPSA) is 45.3 Å². The van der Waals surface area contributed by atoms with E-state index in [1.807, 2.05) is 0 Å². The molecule has 0 radical (unpaired) electrons. The molecule has 90 valence electrons. The van der Waals surface area contributed by atoms with Crippen LogP contribution in [0, 0.1) is 0 Å². The van der Waals surface area contributed by atoms with Crippen LogP contribution >= 0.6 is 11.6 Å².